The number of benzene rings is 2. The van der Waals surface area contributed by atoms with E-state index >= 15 is 0 Å². The molecule has 0 spiro atoms. The average Bonchev–Trinajstić information content (AvgIpc) is 2.67. The minimum atomic E-state index is -4.18. The van der Waals surface area contributed by atoms with Gasteiger partial charge in [-0.2, -0.15) is 8.42 Å². The van der Waals surface area contributed by atoms with Crippen molar-refractivity contribution < 1.29 is 22.1 Å². The minimum Gasteiger partial charge on any atom is -0.493 e. The van der Waals surface area contributed by atoms with E-state index in [-0.39, 0.29) is 44.3 Å². The molecule has 0 heterocycles. The van der Waals surface area contributed by atoms with Gasteiger partial charge in [0.15, 0.2) is 11.5 Å². The van der Waals surface area contributed by atoms with E-state index in [4.69, 9.17) is 32.1 Å². The summed E-state index contributed by atoms with van der Waals surface area (Å²) in [6.45, 7) is 8.17. The molecule has 0 atom stereocenters. The molecular weight excluding hydrogens is 461 g/mol. The normalized spacial score (nSPS) is 11.6. The highest BCUT2D eigenvalue weighted by Crippen LogP contribution is 2.33. The summed E-state index contributed by atoms with van der Waals surface area (Å²) >= 11 is 11.8. The summed E-state index contributed by atoms with van der Waals surface area (Å²) in [5.74, 6) is 0.537. The second-order valence-corrected chi connectivity index (χ2v) is 10.2. The second-order valence-electron chi connectivity index (χ2n) is 7.81. The molecule has 0 fully saturated rings. The monoisotopic (exact) mass is 487 g/mol. The molecule has 0 saturated carbocycles. The van der Waals surface area contributed by atoms with Gasteiger partial charge in [0.1, 0.15) is 4.90 Å². The van der Waals surface area contributed by atoms with Crippen LogP contribution in [0.2, 0.25) is 10.0 Å². The number of nitrogens with zero attached hydrogens (tertiary/aromatic N) is 1. The van der Waals surface area contributed by atoms with Gasteiger partial charge in [-0.25, -0.2) is 0 Å². The maximum absolute atomic E-state index is 12.8. The summed E-state index contributed by atoms with van der Waals surface area (Å²) < 4.78 is 36.1. The van der Waals surface area contributed by atoms with Gasteiger partial charge >= 0.3 is 10.1 Å². The zero-order valence-electron chi connectivity index (χ0n) is 18.2. The van der Waals surface area contributed by atoms with E-state index in [1.165, 1.54) is 25.3 Å². The lowest BCUT2D eigenvalue weighted by Crippen LogP contribution is -2.36. The molecule has 2 aromatic carbocycles. The molecule has 0 radical (unpaired) electrons. The largest absolute Gasteiger partial charge is 0.493 e. The molecule has 0 aliphatic rings. The number of ether oxygens (including phenoxy) is 1. The molecule has 1 amide bonds. The first kappa shape index (κ1) is 25.3. The zero-order chi connectivity index (χ0) is 23.3. The van der Waals surface area contributed by atoms with Crippen LogP contribution in [-0.4, -0.2) is 32.4 Å². The van der Waals surface area contributed by atoms with Crippen LogP contribution in [0.3, 0.4) is 0 Å². The van der Waals surface area contributed by atoms with Crippen molar-refractivity contribution in [2.45, 2.75) is 51.6 Å². The molecule has 6 nitrogen and oxygen atoms in total. The Morgan fingerprint density at radius 1 is 1.00 bits per heavy atom. The van der Waals surface area contributed by atoms with Crippen LogP contribution in [0.1, 0.15) is 39.7 Å². The molecule has 0 aliphatic carbocycles. The summed E-state index contributed by atoms with van der Waals surface area (Å²) in [5.41, 5.74) is 0.714. The molecule has 0 bridgehead atoms. The summed E-state index contributed by atoms with van der Waals surface area (Å²) in [6.07, 6.45) is 0.434. The van der Waals surface area contributed by atoms with Crippen LogP contribution in [0.5, 0.6) is 11.5 Å². The molecule has 170 valence electrons. The SMILES string of the molecule is COc1ccc(CN(C(=O)CC(C)C)C(C)C)cc1OS(=O)(=O)c1ccc(Cl)c(Cl)c1. The number of methoxy groups -OCH3 is 1. The van der Waals surface area contributed by atoms with E-state index in [1.807, 2.05) is 27.7 Å². The summed E-state index contributed by atoms with van der Waals surface area (Å²) in [4.78, 5) is 14.2. The number of amides is 1. The van der Waals surface area contributed by atoms with E-state index < -0.39 is 10.1 Å². The van der Waals surface area contributed by atoms with Crippen molar-refractivity contribution in [3.63, 3.8) is 0 Å². The predicted molar refractivity (Wildman–Crippen MR) is 122 cm³/mol. The zero-order valence-corrected chi connectivity index (χ0v) is 20.5. The Kier molecular flexibility index (Phi) is 8.63. The van der Waals surface area contributed by atoms with Gasteiger partial charge in [0, 0.05) is 19.0 Å². The highest BCUT2D eigenvalue weighted by Gasteiger charge is 2.22. The number of hydrogen-bond donors (Lipinski definition) is 0. The molecule has 0 saturated heterocycles. The Hall–Kier alpha value is -1.96. The molecule has 0 aliphatic heterocycles. The smallest absolute Gasteiger partial charge is 0.339 e. The Morgan fingerprint density at radius 2 is 1.68 bits per heavy atom. The van der Waals surface area contributed by atoms with Gasteiger partial charge in [0.2, 0.25) is 5.91 Å². The molecule has 0 N–H and O–H groups in total. The van der Waals surface area contributed by atoms with Crippen LogP contribution in [0, 0.1) is 5.92 Å². The van der Waals surface area contributed by atoms with E-state index in [0.29, 0.717) is 18.5 Å². The van der Waals surface area contributed by atoms with Crippen LogP contribution in [-0.2, 0) is 21.5 Å². The lowest BCUT2D eigenvalue weighted by atomic mass is 10.1. The van der Waals surface area contributed by atoms with Gasteiger partial charge in [-0.15, -0.1) is 0 Å². The maximum atomic E-state index is 12.8. The fourth-order valence-electron chi connectivity index (χ4n) is 2.91. The van der Waals surface area contributed by atoms with Crippen molar-refractivity contribution in [3.8, 4) is 11.5 Å². The van der Waals surface area contributed by atoms with E-state index in [0.717, 1.165) is 0 Å². The topological polar surface area (TPSA) is 72.9 Å². The molecule has 0 aromatic heterocycles. The first-order valence-electron chi connectivity index (χ1n) is 9.80. The van der Waals surface area contributed by atoms with Crippen LogP contribution in [0.15, 0.2) is 41.3 Å². The van der Waals surface area contributed by atoms with Crippen molar-refractivity contribution in [2.24, 2.45) is 5.92 Å². The summed E-state index contributed by atoms with van der Waals surface area (Å²) in [6, 6.07) is 8.85. The number of hydrogen-bond acceptors (Lipinski definition) is 5. The van der Waals surface area contributed by atoms with Crippen LogP contribution in [0.25, 0.3) is 0 Å². The van der Waals surface area contributed by atoms with Crippen molar-refractivity contribution in [1.29, 1.82) is 0 Å². The van der Waals surface area contributed by atoms with Gasteiger partial charge in [0.05, 0.1) is 17.2 Å². The van der Waals surface area contributed by atoms with Crippen molar-refractivity contribution in [1.82, 2.24) is 4.90 Å². The fraction of sp³-hybridized carbons (Fsp3) is 0.409. The Morgan fingerprint density at radius 3 is 2.23 bits per heavy atom. The number of carbonyl (C=O) groups is 1. The second kappa shape index (κ2) is 10.6. The Bertz CT molecular complexity index is 1040. The third-order valence-electron chi connectivity index (χ3n) is 4.49. The lowest BCUT2D eigenvalue weighted by molar-refractivity contribution is -0.134. The molecule has 9 heteroatoms. The quantitative estimate of drug-likeness (QED) is 0.433. The maximum Gasteiger partial charge on any atom is 0.339 e. The van der Waals surface area contributed by atoms with Crippen molar-refractivity contribution >= 4 is 39.2 Å². The average molecular weight is 488 g/mol. The third-order valence-corrected chi connectivity index (χ3v) is 6.46. The number of carbonyl (C=O) groups excluding carboxylic acids is 1. The predicted octanol–water partition coefficient (Wildman–Crippen LogP) is 5.55. The number of halogens is 2. The number of rotatable bonds is 9. The van der Waals surface area contributed by atoms with E-state index in [2.05, 4.69) is 0 Å². The summed E-state index contributed by atoms with van der Waals surface area (Å²) in [7, 11) is -2.77. The van der Waals surface area contributed by atoms with Gasteiger partial charge in [-0.3, -0.25) is 4.79 Å². The fourth-order valence-corrected chi connectivity index (χ4v) is 4.23. The van der Waals surface area contributed by atoms with Crippen LogP contribution < -0.4 is 8.92 Å². The Balaban J connectivity index is 2.35. The van der Waals surface area contributed by atoms with Gasteiger partial charge in [-0.05, 0) is 55.7 Å². The molecule has 31 heavy (non-hydrogen) atoms. The standard InChI is InChI=1S/C22H27Cl2NO5S/c1-14(2)10-22(26)25(15(3)4)13-16-6-9-20(29-5)21(11-16)30-31(27,28)17-7-8-18(23)19(24)12-17/h6-9,11-12,14-15H,10,13H2,1-5H3. The molecule has 0 unspecified atom stereocenters. The first-order valence-corrected chi connectivity index (χ1v) is 12.0. The lowest BCUT2D eigenvalue weighted by Gasteiger charge is -2.28. The van der Waals surface area contributed by atoms with E-state index in [9.17, 15) is 13.2 Å². The van der Waals surface area contributed by atoms with E-state index in [1.54, 1.807) is 23.1 Å². The molecular formula is C22H27Cl2NO5S. The Labute approximate surface area is 194 Å². The first-order chi connectivity index (χ1) is 14.4. The van der Waals surface area contributed by atoms with Crippen LogP contribution >= 0.6 is 23.2 Å². The highest BCUT2D eigenvalue weighted by atomic mass is 35.5. The van der Waals surface area contributed by atoms with Crippen molar-refractivity contribution in [3.05, 3.63) is 52.0 Å². The van der Waals surface area contributed by atoms with Crippen molar-refractivity contribution in [2.75, 3.05) is 7.11 Å². The van der Waals surface area contributed by atoms with Gasteiger partial charge in [-0.1, -0.05) is 43.1 Å². The van der Waals surface area contributed by atoms with Gasteiger partial charge < -0.3 is 13.8 Å². The van der Waals surface area contributed by atoms with Gasteiger partial charge in [0.25, 0.3) is 0 Å². The molecule has 2 rings (SSSR count). The molecule has 2 aromatic rings. The summed E-state index contributed by atoms with van der Waals surface area (Å²) in [5, 5.41) is 0.336. The minimum absolute atomic E-state index is 0.0161. The highest BCUT2D eigenvalue weighted by molar-refractivity contribution is 7.87. The van der Waals surface area contributed by atoms with Crippen LogP contribution in [0.4, 0.5) is 0 Å². The third kappa shape index (κ3) is 6.76.